The van der Waals surface area contributed by atoms with E-state index >= 15 is 0 Å². The van der Waals surface area contributed by atoms with Gasteiger partial charge in [0.2, 0.25) is 0 Å². The Bertz CT molecular complexity index is 436. The van der Waals surface area contributed by atoms with Crippen LogP contribution in [0.5, 0.6) is 0 Å². The maximum Gasteiger partial charge on any atom is 0.257 e. The largest absolute Gasteiger partial charge is 0.395 e. The Morgan fingerprint density at radius 3 is 2.68 bits per heavy atom. The summed E-state index contributed by atoms with van der Waals surface area (Å²) in [6, 6.07) is 0.271. The summed E-state index contributed by atoms with van der Waals surface area (Å²) in [7, 11) is 1.84. The maximum atomic E-state index is 12.6. The average Bonchev–Trinajstić information content (AvgIpc) is 2.77. The van der Waals surface area contributed by atoms with Crippen LogP contribution in [-0.4, -0.2) is 44.9 Å². The van der Waals surface area contributed by atoms with Crippen molar-refractivity contribution >= 4 is 5.91 Å². The number of carbonyl (C=O) groups is 1. The third-order valence-corrected chi connectivity index (χ3v) is 4.08. The van der Waals surface area contributed by atoms with E-state index in [0.29, 0.717) is 12.1 Å². The summed E-state index contributed by atoms with van der Waals surface area (Å²) >= 11 is 0. The lowest BCUT2D eigenvalue weighted by atomic mass is 9.93. The van der Waals surface area contributed by atoms with Gasteiger partial charge < -0.3 is 10.0 Å². The highest BCUT2D eigenvalue weighted by molar-refractivity contribution is 5.95. The van der Waals surface area contributed by atoms with Crippen LogP contribution >= 0.6 is 0 Å². The molecule has 1 fully saturated rings. The summed E-state index contributed by atoms with van der Waals surface area (Å²) in [4.78, 5) is 14.5. The van der Waals surface area contributed by atoms with Crippen LogP contribution in [0.15, 0.2) is 6.20 Å². The third-order valence-electron chi connectivity index (χ3n) is 4.08. The van der Waals surface area contributed by atoms with E-state index in [0.717, 1.165) is 18.5 Å². The van der Waals surface area contributed by atoms with Crippen LogP contribution in [0.2, 0.25) is 0 Å². The highest BCUT2D eigenvalue weighted by Crippen LogP contribution is 2.24. The molecule has 1 heterocycles. The number of aryl methyl sites for hydroxylation is 1. The van der Waals surface area contributed by atoms with Gasteiger partial charge in [-0.05, 0) is 19.8 Å². The lowest BCUT2D eigenvalue weighted by Crippen LogP contribution is -2.43. The van der Waals surface area contributed by atoms with Crippen molar-refractivity contribution < 1.29 is 9.90 Å². The zero-order chi connectivity index (χ0) is 13.8. The van der Waals surface area contributed by atoms with E-state index in [9.17, 15) is 9.90 Å². The van der Waals surface area contributed by atoms with Gasteiger partial charge in [0.1, 0.15) is 0 Å². The number of hydrogen-bond donors (Lipinski definition) is 1. The molecule has 0 unspecified atom stereocenters. The molecule has 0 aromatic carbocycles. The summed E-state index contributed by atoms with van der Waals surface area (Å²) in [6.07, 6.45) is 7.32. The molecule has 0 atom stereocenters. The van der Waals surface area contributed by atoms with Crippen molar-refractivity contribution in [3.8, 4) is 0 Å². The minimum atomic E-state index is 0.00606. The minimum Gasteiger partial charge on any atom is -0.395 e. The van der Waals surface area contributed by atoms with E-state index in [2.05, 4.69) is 5.10 Å². The topological polar surface area (TPSA) is 58.4 Å². The lowest BCUT2D eigenvalue weighted by Gasteiger charge is -2.34. The normalized spacial score (nSPS) is 16.6. The van der Waals surface area contributed by atoms with E-state index in [1.54, 1.807) is 10.9 Å². The minimum absolute atomic E-state index is 0.00606. The number of amides is 1. The summed E-state index contributed by atoms with van der Waals surface area (Å²) in [5, 5.41) is 13.4. The Morgan fingerprint density at radius 2 is 2.16 bits per heavy atom. The first kappa shape index (κ1) is 14.1. The van der Waals surface area contributed by atoms with Crippen LogP contribution in [-0.2, 0) is 7.05 Å². The van der Waals surface area contributed by atoms with Crippen LogP contribution in [0.1, 0.15) is 48.2 Å². The van der Waals surface area contributed by atoms with Crippen LogP contribution in [0.3, 0.4) is 0 Å². The fourth-order valence-corrected chi connectivity index (χ4v) is 2.81. The fourth-order valence-electron chi connectivity index (χ4n) is 2.81. The van der Waals surface area contributed by atoms with Crippen molar-refractivity contribution in [3.05, 3.63) is 17.5 Å². The number of carbonyl (C=O) groups excluding carboxylic acids is 1. The summed E-state index contributed by atoms with van der Waals surface area (Å²) in [5.74, 6) is 0.00606. The number of aliphatic hydroxyl groups is 1. The van der Waals surface area contributed by atoms with Gasteiger partial charge in [0.05, 0.1) is 18.4 Å². The van der Waals surface area contributed by atoms with Gasteiger partial charge in [-0.3, -0.25) is 9.48 Å². The monoisotopic (exact) mass is 265 g/mol. The Labute approximate surface area is 114 Å². The van der Waals surface area contributed by atoms with E-state index in [1.165, 1.54) is 19.3 Å². The molecule has 19 heavy (non-hydrogen) atoms. The third kappa shape index (κ3) is 2.97. The van der Waals surface area contributed by atoms with Crippen molar-refractivity contribution in [1.29, 1.82) is 0 Å². The van der Waals surface area contributed by atoms with Crippen molar-refractivity contribution in [2.75, 3.05) is 13.2 Å². The van der Waals surface area contributed by atoms with Gasteiger partial charge >= 0.3 is 0 Å². The molecule has 0 radical (unpaired) electrons. The summed E-state index contributed by atoms with van der Waals surface area (Å²) < 4.78 is 1.71. The van der Waals surface area contributed by atoms with Crippen LogP contribution in [0.4, 0.5) is 0 Å². The highest BCUT2D eigenvalue weighted by atomic mass is 16.3. The molecule has 1 amide bonds. The second-order valence-electron chi connectivity index (χ2n) is 5.28. The number of aliphatic hydroxyl groups excluding tert-OH is 1. The SMILES string of the molecule is Cc1c(C(=O)N(CCO)C2CCCCC2)cnn1C. The van der Waals surface area contributed by atoms with Gasteiger partial charge in [-0.15, -0.1) is 0 Å². The molecule has 1 aliphatic rings. The molecule has 1 aromatic heterocycles. The molecule has 0 spiro atoms. The molecule has 5 nitrogen and oxygen atoms in total. The quantitative estimate of drug-likeness (QED) is 0.897. The number of hydrogen-bond acceptors (Lipinski definition) is 3. The maximum absolute atomic E-state index is 12.6. The van der Waals surface area contributed by atoms with Crippen molar-refractivity contribution in [2.45, 2.75) is 45.1 Å². The summed E-state index contributed by atoms with van der Waals surface area (Å²) in [6.45, 7) is 2.33. The van der Waals surface area contributed by atoms with Gasteiger partial charge in [-0.25, -0.2) is 0 Å². The smallest absolute Gasteiger partial charge is 0.257 e. The predicted molar refractivity (Wildman–Crippen MR) is 72.9 cm³/mol. The fraction of sp³-hybridized carbons (Fsp3) is 0.714. The van der Waals surface area contributed by atoms with Gasteiger partial charge in [-0.2, -0.15) is 5.10 Å². The molecule has 0 bridgehead atoms. The molecule has 1 N–H and O–H groups in total. The van der Waals surface area contributed by atoms with Gasteiger partial charge in [-0.1, -0.05) is 19.3 Å². The molecule has 1 saturated carbocycles. The first-order valence-corrected chi connectivity index (χ1v) is 7.05. The molecule has 0 aliphatic heterocycles. The number of rotatable bonds is 4. The van der Waals surface area contributed by atoms with E-state index in [1.807, 2.05) is 18.9 Å². The Morgan fingerprint density at radius 1 is 1.47 bits per heavy atom. The van der Waals surface area contributed by atoms with E-state index < -0.39 is 0 Å². The van der Waals surface area contributed by atoms with Crippen molar-refractivity contribution in [1.82, 2.24) is 14.7 Å². The molecule has 5 heteroatoms. The van der Waals surface area contributed by atoms with Gasteiger partial charge in [0.15, 0.2) is 0 Å². The predicted octanol–water partition coefficient (Wildman–Crippen LogP) is 1.50. The zero-order valence-corrected chi connectivity index (χ0v) is 11.8. The first-order chi connectivity index (χ1) is 9.15. The molecule has 0 saturated heterocycles. The Kier molecular flexibility index (Phi) is 4.58. The molecular formula is C14H23N3O2. The molecule has 1 aromatic rings. The highest BCUT2D eigenvalue weighted by Gasteiger charge is 2.27. The van der Waals surface area contributed by atoms with Gasteiger partial charge in [0, 0.05) is 25.3 Å². The number of aromatic nitrogens is 2. The second kappa shape index (κ2) is 6.19. The molecule has 2 rings (SSSR count). The van der Waals surface area contributed by atoms with Crippen molar-refractivity contribution in [3.63, 3.8) is 0 Å². The molecule has 106 valence electrons. The van der Waals surface area contributed by atoms with Crippen LogP contribution in [0, 0.1) is 6.92 Å². The van der Waals surface area contributed by atoms with Crippen LogP contribution < -0.4 is 0 Å². The second-order valence-corrected chi connectivity index (χ2v) is 5.28. The first-order valence-electron chi connectivity index (χ1n) is 7.05. The van der Waals surface area contributed by atoms with E-state index in [4.69, 9.17) is 0 Å². The molecule has 1 aliphatic carbocycles. The Hall–Kier alpha value is -1.36. The zero-order valence-electron chi connectivity index (χ0n) is 11.8. The van der Waals surface area contributed by atoms with Crippen molar-refractivity contribution in [2.24, 2.45) is 7.05 Å². The Balaban J connectivity index is 2.18. The van der Waals surface area contributed by atoms with Crippen LogP contribution in [0.25, 0.3) is 0 Å². The van der Waals surface area contributed by atoms with E-state index in [-0.39, 0.29) is 18.6 Å². The summed E-state index contributed by atoms with van der Waals surface area (Å²) in [5.41, 5.74) is 1.53. The standard InChI is InChI=1S/C14H23N3O2/c1-11-13(10-15-16(11)2)14(19)17(8-9-18)12-6-4-3-5-7-12/h10,12,18H,3-9H2,1-2H3. The number of nitrogens with zero attached hydrogens (tertiary/aromatic N) is 3. The van der Waals surface area contributed by atoms with Gasteiger partial charge in [0.25, 0.3) is 5.91 Å². The molecular weight excluding hydrogens is 242 g/mol. The average molecular weight is 265 g/mol. The lowest BCUT2D eigenvalue weighted by molar-refractivity contribution is 0.0584.